The number of pyridine rings is 1. The van der Waals surface area contributed by atoms with Crippen LogP contribution in [0.3, 0.4) is 0 Å². The van der Waals surface area contributed by atoms with Gasteiger partial charge in [0.1, 0.15) is 10.8 Å². The maximum absolute atomic E-state index is 12.1. The molecule has 0 aromatic carbocycles. The van der Waals surface area contributed by atoms with Gasteiger partial charge in [-0.25, -0.2) is 4.98 Å². The molecule has 1 aliphatic rings. The number of nitrogens with zero attached hydrogens (tertiary/aromatic N) is 2. The van der Waals surface area contributed by atoms with E-state index >= 15 is 0 Å². The lowest BCUT2D eigenvalue weighted by atomic mass is 10.1. The number of hydrogen-bond donors (Lipinski definition) is 2. The third-order valence-electron chi connectivity index (χ3n) is 3.64. The van der Waals surface area contributed by atoms with Crippen LogP contribution in [0.1, 0.15) is 36.9 Å². The Labute approximate surface area is 130 Å². The molecule has 1 aliphatic heterocycles. The summed E-state index contributed by atoms with van der Waals surface area (Å²) in [7, 11) is 0. The summed E-state index contributed by atoms with van der Waals surface area (Å²) in [6.07, 6.45) is 3.92. The zero-order valence-corrected chi connectivity index (χ0v) is 13.2. The molecule has 1 aromatic heterocycles. The number of piperidine rings is 1. The van der Waals surface area contributed by atoms with Gasteiger partial charge in [-0.3, -0.25) is 4.79 Å². The van der Waals surface area contributed by atoms with Gasteiger partial charge in [-0.1, -0.05) is 12.2 Å². The zero-order valence-electron chi connectivity index (χ0n) is 12.4. The van der Waals surface area contributed by atoms with Gasteiger partial charge in [0, 0.05) is 31.7 Å². The van der Waals surface area contributed by atoms with Crippen molar-refractivity contribution < 1.29 is 4.79 Å². The molecule has 1 aromatic rings. The molecule has 0 bridgehead atoms. The summed E-state index contributed by atoms with van der Waals surface area (Å²) >= 11 is 5.02. The number of aryl methyl sites for hydroxylation is 1. The lowest BCUT2D eigenvalue weighted by Crippen LogP contribution is -2.36. The van der Waals surface area contributed by atoms with Gasteiger partial charge < -0.3 is 16.0 Å². The summed E-state index contributed by atoms with van der Waals surface area (Å²) in [5.41, 5.74) is 7.30. The summed E-state index contributed by atoms with van der Waals surface area (Å²) in [6, 6.07) is 3.73. The largest absolute Gasteiger partial charge is 0.389 e. The Morgan fingerprint density at radius 2 is 2.10 bits per heavy atom. The fraction of sp³-hybridized carbons (Fsp3) is 0.533. The third-order valence-corrected chi connectivity index (χ3v) is 3.86. The van der Waals surface area contributed by atoms with E-state index in [4.69, 9.17) is 18.0 Å². The molecule has 0 radical (unpaired) electrons. The van der Waals surface area contributed by atoms with Gasteiger partial charge in [-0.15, -0.1) is 0 Å². The van der Waals surface area contributed by atoms with Gasteiger partial charge in [0.15, 0.2) is 0 Å². The van der Waals surface area contributed by atoms with E-state index < -0.39 is 0 Å². The van der Waals surface area contributed by atoms with Gasteiger partial charge in [0.25, 0.3) is 0 Å². The second-order valence-corrected chi connectivity index (χ2v) is 5.77. The Morgan fingerprint density at radius 3 is 2.76 bits per heavy atom. The van der Waals surface area contributed by atoms with Gasteiger partial charge >= 0.3 is 0 Å². The number of likely N-dealkylation sites (tertiary alicyclic amines) is 1. The van der Waals surface area contributed by atoms with Crippen LogP contribution in [0.5, 0.6) is 0 Å². The summed E-state index contributed by atoms with van der Waals surface area (Å²) < 4.78 is 0. The summed E-state index contributed by atoms with van der Waals surface area (Å²) in [6.45, 7) is 4.23. The van der Waals surface area contributed by atoms with Crippen LogP contribution >= 0.6 is 12.2 Å². The van der Waals surface area contributed by atoms with Crippen molar-refractivity contribution in [1.29, 1.82) is 0 Å². The predicted octanol–water partition coefficient (Wildman–Crippen LogP) is 1.84. The van der Waals surface area contributed by atoms with Crippen LogP contribution in [0.4, 0.5) is 5.82 Å². The molecule has 1 amide bonds. The van der Waals surface area contributed by atoms with E-state index in [9.17, 15) is 4.79 Å². The predicted molar refractivity (Wildman–Crippen MR) is 88.4 cm³/mol. The zero-order chi connectivity index (χ0) is 15.2. The number of nitrogens with two attached hydrogens (primary N) is 1. The Morgan fingerprint density at radius 1 is 1.38 bits per heavy atom. The molecule has 0 aliphatic carbocycles. The maximum Gasteiger partial charge on any atom is 0.224 e. The summed E-state index contributed by atoms with van der Waals surface area (Å²) in [5, 5.41) is 3.18. The van der Waals surface area contributed by atoms with Crippen LogP contribution in [0.15, 0.2) is 12.1 Å². The number of hydrogen-bond acceptors (Lipinski definition) is 4. The molecule has 1 saturated heterocycles. The van der Waals surface area contributed by atoms with Gasteiger partial charge in [-0.05, 0) is 38.3 Å². The van der Waals surface area contributed by atoms with Gasteiger partial charge in [-0.2, -0.15) is 0 Å². The Bertz CT molecular complexity index is 526. The van der Waals surface area contributed by atoms with E-state index in [0.717, 1.165) is 37.2 Å². The van der Waals surface area contributed by atoms with E-state index in [1.165, 1.54) is 6.42 Å². The van der Waals surface area contributed by atoms with Crippen molar-refractivity contribution in [3.8, 4) is 0 Å². The van der Waals surface area contributed by atoms with Crippen molar-refractivity contribution in [2.75, 3.05) is 25.0 Å². The standard InChI is InChI=1S/C15H22N4OS/c1-11-5-6-12(14(16)21)15(18-11)17-8-7-13(20)19-9-3-2-4-10-19/h5-6H,2-4,7-10H2,1H3,(H2,16,21)(H,17,18). The molecule has 0 unspecified atom stereocenters. The summed E-state index contributed by atoms with van der Waals surface area (Å²) in [5.74, 6) is 0.862. The first-order chi connectivity index (χ1) is 10.1. The van der Waals surface area contributed by atoms with E-state index in [1.807, 2.05) is 24.0 Å². The highest BCUT2D eigenvalue weighted by Gasteiger charge is 2.16. The molecule has 0 saturated carbocycles. The van der Waals surface area contributed by atoms with Crippen LogP contribution in [0, 0.1) is 6.92 Å². The number of carbonyl (C=O) groups excluding carboxylic acids is 1. The molecular weight excluding hydrogens is 284 g/mol. The molecule has 5 nitrogen and oxygen atoms in total. The molecule has 1 fully saturated rings. The molecule has 2 rings (SSSR count). The third kappa shape index (κ3) is 4.39. The van der Waals surface area contributed by atoms with Crippen molar-refractivity contribution in [3.63, 3.8) is 0 Å². The quantitative estimate of drug-likeness (QED) is 0.812. The second kappa shape index (κ2) is 7.36. The number of aromatic nitrogens is 1. The highest BCUT2D eigenvalue weighted by Crippen LogP contribution is 2.14. The van der Waals surface area contributed by atoms with E-state index in [2.05, 4.69) is 10.3 Å². The van der Waals surface area contributed by atoms with Crippen molar-refractivity contribution in [3.05, 3.63) is 23.4 Å². The van der Waals surface area contributed by atoms with E-state index in [-0.39, 0.29) is 5.91 Å². The normalized spacial score (nSPS) is 14.8. The Hall–Kier alpha value is -1.69. The minimum absolute atomic E-state index is 0.201. The molecule has 6 heteroatoms. The molecule has 0 spiro atoms. The first-order valence-corrected chi connectivity index (χ1v) is 7.78. The van der Waals surface area contributed by atoms with Crippen LogP contribution in [0.25, 0.3) is 0 Å². The first-order valence-electron chi connectivity index (χ1n) is 7.37. The average molecular weight is 306 g/mol. The highest BCUT2D eigenvalue weighted by atomic mass is 32.1. The number of amides is 1. The minimum Gasteiger partial charge on any atom is -0.389 e. The fourth-order valence-electron chi connectivity index (χ4n) is 2.48. The van der Waals surface area contributed by atoms with Crippen LogP contribution in [-0.4, -0.2) is 40.4 Å². The Kier molecular flexibility index (Phi) is 5.50. The summed E-state index contributed by atoms with van der Waals surface area (Å²) in [4.78, 5) is 18.7. The number of nitrogens with one attached hydrogen (secondary N) is 1. The highest BCUT2D eigenvalue weighted by molar-refractivity contribution is 7.80. The van der Waals surface area contributed by atoms with Crippen LogP contribution in [-0.2, 0) is 4.79 Å². The Balaban J connectivity index is 1.89. The monoisotopic (exact) mass is 306 g/mol. The SMILES string of the molecule is Cc1ccc(C(N)=S)c(NCCC(=O)N2CCCCC2)n1. The van der Waals surface area contributed by atoms with Crippen molar-refractivity contribution in [2.24, 2.45) is 5.73 Å². The topological polar surface area (TPSA) is 71.2 Å². The average Bonchev–Trinajstić information content (AvgIpc) is 2.48. The molecular formula is C15H22N4OS. The number of anilines is 1. The molecule has 3 N–H and O–H groups in total. The fourth-order valence-corrected chi connectivity index (χ4v) is 2.64. The van der Waals surface area contributed by atoms with Crippen LogP contribution in [0.2, 0.25) is 0 Å². The van der Waals surface area contributed by atoms with Crippen molar-refractivity contribution >= 4 is 28.9 Å². The smallest absolute Gasteiger partial charge is 0.224 e. The molecule has 114 valence electrons. The molecule has 2 heterocycles. The van der Waals surface area contributed by atoms with Crippen molar-refractivity contribution in [2.45, 2.75) is 32.6 Å². The van der Waals surface area contributed by atoms with E-state index in [1.54, 1.807) is 0 Å². The van der Waals surface area contributed by atoms with Gasteiger partial charge in [0.2, 0.25) is 5.91 Å². The lowest BCUT2D eigenvalue weighted by molar-refractivity contribution is -0.131. The number of rotatable bonds is 5. The van der Waals surface area contributed by atoms with Gasteiger partial charge in [0.05, 0.1) is 5.56 Å². The number of carbonyl (C=O) groups is 1. The lowest BCUT2D eigenvalue weighted by Gasteiger charge is -2.26. The maximum atomic E-state index is 12.1. The molecule has 21 heavy (non-hydrogen) atoms. The first kappa shape index (κ1) is 15.7. The minimum atomic E-state index is 0.201. The van der Waals surface area contributed by atoms with E-state index in [0.29, 0.717) is 23.8 Å². The van der Waals surface area contributed by atoms with Crippen molar-refractivity contribution in [1.82, 2.24) is 9.88 Å². The van der Waals surface area contributed by atoms with Crippen LogP contribution < -0.4 is 11.1 Å². The number of thiocarbonyl (C=S) groups is 1. The second-order valence-electron chi connectivity index (χ2n) is 5.33. The molecule has 0 atom stereocenters.